The minimum atomic E-state index is -0.583. The van der Waals surface area contributed by atoms with Crippen LogP contribution in [-0.2, 0) is 13.0 Å². The first-order valence-electron chi connectivity index (χ1n) is 7.27. The number of hydrogen-bond acceptors (Lipinski definition) is 2. The Morgan fingerprint density at radius 1 is 1.41 bits per heavy atom. The number of benzene rings is 1. The van der Waals surface area contributed by atoms with E-state index >= 15 is 0 Å². The molecule has 2 aromatic rings. The predicted molar refractivity (Wildman–Crippen MR) is 82.5 cm³/mol. The minimum absolute atomic E-state index is 0.0526. The number of nitrogens with zero attached hydrogens (tertiary/aromatic N) is 3. The van der Waals surface area contributed by atoms with Gasteiger partial charge in [0.25, 0.3) is 5.91 Å². The van der Waals surface area contributed by atoms with Crippen LogP contribution in [0.3, 0.4) is 0 Å². The second-order valence-electron chi connectivity index (χ2n) is 5.71. The Balaban J connectivity index is 1.91. The van der Waals surface area contributed by atoms with Gasteiger partial charge in [0.05, 0.1) is 34.8 Å². The standard InChI is InChI=1S/C16H17ClFN3O/c1-10(2)21-9-19-13-6-7-20(8-14(13)21)16(22)15-11(17)4-3-5-12(15)18/h3-5,9-10H,6-8H2,1-2H3. The zero-order chi connectivity index (χ0) is 15.9. The van der Waals surface area contributed by atoms with Crippen molar-refractivity contribution in [1.82, 2.24) is 14.5 Å². The van der Waals surface area contributed by atoms with Gasteiger partial charge < -0.3 is 9.47 Å². The van der Waals surface area contributed by atoms with Crippen molar-refractivity contribution in [2.24, 2.45) is 0 Å². The van der Waals surface area contributed by atoms with Crippen LogP contribution in [-0.4, -0.2) is 26.9 Å². The van der Waals surface area contributed by atoms with Crippen molar-refractivity contribution in [2.75, 3.05) is 6.54 Å². The minimum Gasteiger partial charge on any atom is -0.332 e. The van der Waals surface area contributed by atoms with Gasteiger partial charge in [-0.25, -0.2) is 9.37 Å². The molecule has 1 aliphatic heterocycles. The van der Waals surface area contributed by atoms with Gasteiger partial charge in [0.15, 0.2) is 0 Å². The third-order valence-electron chi connectivity index (χ3n) is 3.96. The summed E-state index contributed by atoms with van der Waals surface area (Å²) in [6.45, 7) is 5.08. The van der Waals surface area contributed by atoms with E-state index in [0.717, 1.165) is 11.4 Å². The van der Waals surface area contributed by atoms with Gasteiger partial charge in [-0.2, -0.15) is 0 Å². The Kier molecular flexibility index (Phi) is 3.91. The number of fused-ring (bicyclic) bond motifs is 1. The summed E-state index contributed by atoms with van der Waals surface area (Å²) < 4.78 is 16.0. The van der Waals surface area contributed by atoms with Gasteiger partial charge in [0, 0.05) is 19.0 Å². The maximum Gasteiger partial charge on any atom is 0.258 e. The summed E-state index contributed by atoms with van der Waals surface area (Å²) in [7, 11) is 0. The summed E-state index contributed by atoms with van der Waals surface area (Å²) in [4.78, 5) is 18.7. The van der Waals surface area contributed by atoms with E-state index < -0.39 is 5.82 Å². The van der Waals surface area contributed by atoms with Crippen molar-refractivity contribution in [3.63, 3.8) is 0 Å². The molecule has 0 fully saturated rings. The second-order valence-corrected chi connectivity index (χ2v) is 6.12. The van der Waals surface area contributed by atoms with E-state index in [-0.39, 0.29) is 22.5 Å². The molecule has 22 heavy (non-hydrogen) atoms. The average molecular weight is 322 g/mol. The first-order chi connectivity index (χ1) is 10.5. The highest BCUT2D eigenvalue weighted by atomic mass is 35.5. The molecule has 1 aromatic heterocycles. The number of carbonyl (C=O) groups is 1. The van der Waals surface area contributed by atoms with E-state index in [1.165, 1.54) is 18.2 Å². The van der Waals surface area contributed by atoms with Crippen LogP contribution in [0.15, 0.2) is 24.5 Å². The van der Waals surface area contributed by atoms with E-state index in [4.69, 9.17) is 11.6 Å². The van der Waals surface area contributed by atoms with Crippen molar-refractivity contribution >= 4 is 17.5 Å². The summed E-state index contributed by atoms with van der Waals surface area (Å²) >= 11 is 6.00. The van der Waals surface area contributed by atoms with Crippen molar-refractivity contribution < 1.29 is 9.18 Å². The fraction of sp³-hybridized carbons (Fsp3) is 0.375. The number of hydrogen-bond donors (Lipinski definition) is 0. The molecule has 6 heteroatoms. The molecule has 1 amide bonds. The first-order valence-corrected chi connectivity index (χ1v) is 7.64. The predicted octanol–water partition coefficient (Wildman–Crippen LogP) is 3.46. The van der Waals surface area contributed by atoms with Crippen LogP contribution in [0.4, 0.5) is 4.39 Å². The molecule has 0 radical (unpaired) electrons. The normalized spacial score (nSPS) is 14.3. The monoisotopic (exact) mass is 321 g/mol. The van der Waals surface area contributed by atoms with Crippen molar-refractivity contribution in [3.05, 3.63) is 52.3 Å². The van der Waals surface area contributed by atoms with Crippen LogP contribution in [0.2, 0.25) is 5.02 Å². The van der Waals surface area contributed by atoms with Crippen molar-refractivity contribution in [1.29, 1.82) is 0 Å². The third-order valence-corrected chi connectivity index (χ3v) is 4.28. The SMILES string of the molecule is CC(C)n1cnc2c1CN(C(=O)c1c(F)cccc1Cl)CC2. The number of imidazole rings is 1. The Labute approximate surface area is 133 Å². The van der Waals surface area contributed by atoms with Crippen molar-refractivity contribution in [3.8, 4) is 0 Å². The van der Waals surface area contributed by atoms with E-state index in [9.17, 15) is 9.18 Å². The summed E-state index contributed by atoms with van der Waals surface area (Å²) in [5.41, 5.74) is 1.97. The van der Waals surface area contributed by atoms with Crippen LogP contribution in [0, 0.1) is 5.82 Å². The van der Waals surface area contributed by atoms with Gasteiger partial charge in [-0.15, -0.1) is 0 Å². The lowest BCUT2D eigenvalue weighted by atomic mass is 10.1. The lowest BCUT2D eigenvalue weighted by molar-refractivity contribution is 0.0724. The van der Waals surface area contributed by atoms with Gasteiger partial charge in [0.1, 0.15) is 5.82 Å². The Bertz CT molecular complexity index is 706. The van der Waals surface area contributed by atoms with Gasteiger partial charge in [-0.1, -0.05) is 17.7 Å². The molecule has 3 rings (SSSR count). The molecular formula is C16H17ClFN3O. The van der Waals surface area contributed by atoms with E-state index in [0.29, 0.717) is 19.5 Å². The van der Waals surface area contributed by atoms with E-state index in [1.54, 1.807) is 11.2 Å². The second kappa shape index (κ2) is 5.72. The van der Waals surface area contributed by atoms with E-state index in [2.05, 4.69) is 23.4 Å². The molecular weight excluding hydrogens is 305 g/mol. The topological polar surface area (TPSA) is 38.1 Å². The largest absolute Gasteiger partial charge is 0.332 e. The molecule has 0 saturated carbocycles. The zero-order valence-electron chi connectivity index (χ0n) is 12.5. The number of rotatable bonds is 2. The maximum atomic E-state index is 13.9. The molecule has 1 aliphatic rings. The number of aromatic nitrogens is 2. The molecule has 0 aliphatic carbocycles. The highest BCUT2D eigenvalue weighted by Crippen LogP contribution is 2.26. The van der Waals surface area contributed by atoms with Crippen LogP contribution in [0.1, 0.15) is 41.6 Å². The number of halogens is 2. The van der Waals surface area contributed by atoms with Gasteiger partial charge >= 0.3 is 0 Å². The molecule has 0 saturated heterocycles. The quantitative estimate of drug-likeness (QED) is 0.849. The fourth-order valence-electron chi connectivity index (χ4n) is 2.79. The smallest absolute Gasteiger partial charge is 0.258 e. The molecule has 0 N–H and O–H groups in total. The number of amides is 1. The highest BCUT2D eigenvalue weighted by molar-refractivity contribution is 6.33. The Morgan fingerprint density at radius 3 is 2.86 bits per heavy atom. The first kappa shape index (κ1) is 15.0. The molecule has 116 valence electrons. The van der Waals surface area contributed by atoms with Gasteiger partial charge in [0.2, 0.25) is 0 Å². The summed E-state index contributed by atoms with van der Waals surface area (Å²) in [6, 6.07) is 4.55. The average Bonchev–Trinajstić information content (AvgIpc) is 2.89. The highest BCUT2D eigenvalue weighted by Gasteiger charge is 2.28. The Morgan fingerprint density at radius 2 is 2.18 bits per heavy atom. The summed E-state index contributed by atoms with van der Waals surface area (Å²) in [5.74, 6) is -0.953. The molecule has 0 unspecified atom stereocenters. The van der Waals surface area contributed by atoms with Crippen LogP contribution < -0.4 is 0 Å². The lowest BCUT2D eigenvalue weighted by Crippen LogP contribution is -2.37. The van der Waals surface area contributed by atoms with Crippen LogP contribution in [0.25, 0.3) is 0 Å². The molecule has 0 bridgehead atoms. The van der Waals surface area contributed by atoms with Crippen molar-refractivity contribution in [2.45, 2.75) is 32.9 Å². The maximum absolute atomic E-state index is 13.9. The molecule has 0 spiro atoms. The zero-order valence-corrected chi connectivity index (χ0v) is 13.3. The number of carbonyl (C=O) groups excluding carboxylic acids is 1. The summed E-state index contributed by atoms with van der Waals surface area (Å²) in [6.07, 6.45) is 2.48. The molecule has 2 heterocycles. The van der Waals surface area contributed by atoms with E-state index in [1.807, 2.05) is 0 Å². The van der Waals surface area contributed by atoms with Crippen LogP contribution in [0.5, 0.6) is 0 Å². The molecule has 0 atom stereocenters. The van der Waals surface area contributed by atoms with Crippen LogP contribution >= 0.6 is 11.6 Å². The third kappa shape index (κ3) is 2.50. The molecule has 1 aromatic carbocycles. The van der Waals surface area contributed by atoms with Gasteiger partial charge in [-0.3, -0.25) is 4.79 Å². The Hall–Kier alpha value is -1.88. The van der Waals surface area contributed by atoms with Gasteiger partial charge in [-0.05, 0) is 26.0 Å². The molecule has 4 nitrogen and oxygen atoms in total. The summed E-state index contributed by atoms with van der Waals surface area (Å²) in [5, 5.41) is 0.146. The fourth-order valence-corrected chi connectivity index (χ4v) is 3.03. The lowest BCUT2D eigenvalue weighted by Gasteiger charge is -2.28.